The summed E-state index contributed by atoms with van der Waals surface area (Å²) in [6.07, 6.45) is 4.73. The molecule has 2 saturated heterocycles. The first-order chi connectivity index (χ1) is 16.5. The minimum absolute atomic E-state index is 0.117. The van der Waals surface area contributed by atoms with E-state index in [2.05, 4.69) is 35.4 Å². The topological polar surface area (TPSA) is 135 Å². The van der Waals surface area contributed by atoms with Crippen molar-refractivity contribution in [2.24, 2.45) is 5.41 Å². The number of anilines is 1. The number of aliphatic hydroxyl groups excluding tert-OH is 1. The van der Waals surface area contributed by atoms with Crippen molar-refractivity contribution in [3.63, 3.8) is 0 Å². The zero-order valence-corrected chi connectivity index (χ0v) is 19.2. The molecule has 3 aromatic rings. The monoisotopic (exact) mass is 465 g/mol. The number of likely N-dealkylation sites (tertiary alicyclic amines) is 1. The maximum absolute atomic E-state index is 13.3. The number of aromatic nitrogens is 7. The molecule has 5 heterocycles. The summed E-state index contributed by atoms with van der Waals surface area (Å²) in [4.78, 5) is 30.2. The first kappa shape index (κ1) is 22.3. The molecule has 2 aliphatic heterocycles. The molecule has 0 bridgehead atoms. The molecule has 0 radical (unpaired) electrons. The molecule has 12 heteroatoms. The van der Waals surface area contributed by atoms with Gasteiger partial charge in [-0.2, -0.15) is 9.67 Å². The number of piperidine rings is 1. The maximum Gasteiger partial charge on any atom is 0.318 e. The summed E-state index contributed by atoms with van der Waals surface area (Å²) < 4.78 is 6.58. The van der Waals surface area contributed by atoms with Gasteiger partial charge in [0.05, 0.1) is 18.6 Å². The Balaban J connectivity index is 1.20. The lowest BCUT2D eigenvalue weighted by Gasteiger charge is -2.38. The highest BCUT2D eigenvalue weighted by Gasteiger charge is 2.49. The van der Waals surface area contributed by atoms with E-state index in [1.54, 1.807) is 23.2 Å². The molecule has 12 nitrogen and oxygen atoms in total. The quantitative estimate of drug-likeness (QED) is 0.554. The number of β-amino-alcohol motifs (C(OH)–C–C–N with tert-alkyl or cyclic N) is 1. The molecule has 2 aliphatic rings. The van der Waals surface area contributed by atoms with Crippen molar-refractivity contribution in [3.8, 4) is 11.8 Å². The number of hydrogen-bond donors (Lipinski definition) is 1. The summed E-state index contributed by atoms with van der Waals surface area (Å²) in [5.74, 6) is 1.30. The third-order valence-corrected chi connectivity index (χ3v) is 6.89. The van der Waals surface area contributed by atoms with Crippen LogP contribution in [0.15, 0.2) is 30.7 Å². The first-order valence-corrected chi connectivity index (χ1v) is 11.3. The first-order valence-electron chi connectivity index (χ1n) is 11.3. The predicted molar refractivity (Wildman–Crippen MR) is 120 cm³/mol. The van der Waals surface area contributed by atoms with Crippen LogP contribution in [0.5, 0.6) is 6.01 Å². The smallest absolute Gasteiger partial charge is 0.318 e. The minimum Gasteiger partial charge on any atom is -0.467 e. The van der Waals surface area contributed by atoms with Crippen molar-refractivity contribution in [2.75, 3.05) is 38.2 Å². The Morgan fingerprint density at radius 1 is 1.12 bits per heavy atom. The van der Waals surface area contributed by atoms with Crippen LogP contribution in [0.3, 0.4) is 0 Å². The second-order valence-electron chi connectivity index (χ2n) is 8.80. The number of aliphatic hydroxyl groups is 1. The number of tetrazole rings is 1. The molecule has 0 aromatic carbocycles. The summed E-state index contributed by atoms with van der Waals surface area (Å²) in [5, 5.41) is 22.0. The van der Waals surface area contributed by atoms with Crippen LogP contribution < -0.4 is 9.64 Å². The molecule has 2 fully saturated rings. The highest BCUT2D eigenvalue weighted by molar-refractivity contribution is 5.99. The standard InChI is InChI=1S/C22H27N9O3/c1-15-16(3-4-19(25-15)31-14-24-27-28-31)17(32)13-29-10-6-22(7-11-29)8-12-30(20(22)33)18-5-9-23-21(26-18)34-2/h3-5,9,14,17,32H,6-8,10-13H2,1-2H3. The number of carbonyl (C=O) groups excluding carboxylic acids is 1. The number of carbonyl (C=O) groups is 1. The molecule has 0 saturated carbocycles. The van der Waals surface area contributed by atoms with E-state index < -0.39 is 6.10 Å². The van der Waals surface area contributed by atoms with Gasteiger partial charge in [0.1, 0.15) is 12.1 Å². The summed E-state index contributed by atoms with van der Waals surface area (Å²) in [6, 6.07) is 5.65. The third kappa shape index (κ3) is 4.10. The lowest BCUT2D eigenvalue weighted by molar-refractivity contribution is -0.128. The van der Waals surface area contributed by atoms with Crippen LogP contribution in [0.4, 0.5) is 5.82 Å². The van der Waals surface area contributed by atoms with Crippen LogP contribution in [-0.4, -0.2) is 84.4 Å². The highest BCUT2D eigenvalue weighted by atomic mass is 16.5. The third-order valence-electron chi connectivity index (χ3n) is 6.89. The number of nitrogens with zero attached hydrogens (tertiary/aromatic N) is 9. The summed E-state index contributed by atoms with van der Waals surface area (Å²) >= 11 is 0. The largest absolute Gasteiger partial charge is 0.467 e. The van der Waals surface area contributed by atoms with E-state index >= 15 is 0 Å². The van der Waals surface area contributed by atoms with Gasteiger partial charge >= 0.3 is 6.01 Å². The van der Waals surface area contributed by atoms with E-state index in [4.69, 9.17) is 4.74 Å². The number of aryl methyl sites for hydroxylation is 1. The zero-order valence-electron chi connectivity index (χ0n) is 19.2. The number of amides is 1. The van der Waals surface area contributed by atoms with Gasteiger partial charge in [0.25, 0.3) is 0 Å². The van der Waals surface area contributed by atoms with Gasteiger partial charge < -0.3 is 14.7 Å². The van der Waals surface area contributed by atoms with Crippen LogP contribution in [0.2, 0.25) is 0 Å². The summed E-state index contributed by atoms with van der Waals surface area (Å²) in [5.41, 5.74) is 1.14. The fourth-order valence-electron chi connectivity index (χ4n) is 4.89. The van der Waals surface area contributed by atoms with Crippen LogP contribution in [0, 0.1) is 12.3 Å². The lowest BCUT2D eigenvalue weighted by atomic mass is 9.77. The summed E-state index contributed by atoms with van der Waals surface area (Å²) in [6.45, 7) is 4.49. The Morgan fingerprint density at radius 2 is 1.91 bits per heavy atom. The Labute approximate surface area is 196 Å². The van der Waals surface area contributed by atoms with Crippen molar-refractivity contribution in [1.29, 1.82) is 0 Å². The second kappa shape index (κ2) is 9.03. The van der Waals surface area contributed by atoms with E-state index in [0.29, 0.717) is 24.7 Å². The molecule has 34 heavy (non-hydrogen) atoms. The molecule has 1 spiro atoms. The molecule has 1 unspecified atom stereocenters. The number of rotatable bonds is 6. The van der Waals surface area contributed by atoms with Crippen LogP contribution in [-0.2, 0) is 4.79 Å². The number of pyridine rings is 1. The SMILES string of the molecule is COc1nccc(N2CCC3(CCN(CC(O)c4ccc(-n5cnnn5)nc4C)CC3)C2=O)n1. The molecular weight excluding hydrogens is 438 g/mol. The summed E-state index contributed by atoms with van der Waals surface area (Å²) in [7, 11) is 1.51. The molecule has 5 rings (SSSR count). The van der Waals surface area contributed by atoms with E-state index in [1.165, 1.54) is 18.1 Å². The number of hydrogen-bond acceptors (Lipinski definition) is 10. The Hall–Kier alpha value is -3.51. The molecule has 1 atom stereocenters. The van der Waals surface area contributed by atoms with Gasteiger partial charge in [0, 0.05) is 30.5 Å². The minimum atomic E-state index is -0.672. The van der Waals surface area contributed by atoms with E-state index in [-0.39, 0.29) is 17.3 Å². The molecular formula is C22H27N9O3. The van der Waals surface area contributed by atoms with Crippen molar-refractivity contribution >= 4 is 11.7 Å². The van der Waals surface area contributed by atoms with Gasteiger partial charge in [-0.1, -0.05) is 6.07 Å². The normalized spacial score (nSPS) is 19.0. The van der Waals surface area contributed by atoms with Crippen LogP contribution in [0.1, 0.15) is 36.6 Å². The van der Waals surface area contributed by atoms with Gasteiger partial charge in [-0.05, 0) is 61.8 Å². The van der Waals surface area contributed by atoms with Crippen molar-refractivity contribution in [1.82, 2.24) is 40.1 Å². The predicted octanol–water partition coefficient (Wildman–Crippen LogP) is 0.717. The Kier molecular flexibility index (Phi) is 5.92. The fraction of sp³-hybridized carbons (Fsp3) is 0.500. The lowest BCUT2D eigenvalue weighted by Crippen LogP contribution is -2.45. The van der Waals surface area contributed by atoms with Crippen LogP contribution in [0.25, 0.3) is 5.82 Å². The maximum atomic E-state index is 13.3. The van der Waals surface area contributed by atoms with Gasteiger partial charge in [-0.15, -0.1) is 5.10 Å². The number of methoxy groups -OCH3 is 1. The van der Waals surface area contributed by atoms with E-state index in [1.807, 2.05) is 13.0 Å². The molecule has 178 valence electrons. The van der Waals surface area contributed by atoms with Crippen molar-refractivity contribution in [2.45, 2.75) is 32.3 Å². The second-order valence-corrected chi connectivity index (χ2v) is 8.80. The molecule has 1 amide bonds. The highest BCUT2D eigenvalue weighted by Crippen LogP contribution is 2.43. The average Bonchev–Trinajstić information content (AvgIpc) is 3.50. The molecule has 3 aromatic heterocycles. The van der Waals surface area contributed by atoms with Gasteiger partial charge in [-0.3, -0.25) is 9.69 Å². The van der Waals surface area contributed by atoms with Gasteiger partial charge in [0.2, 0.25) is 5.91 Å². The molecule has 1 N–H and O–H groups in total. The Bertz CT molecular complexity index is 1160. The Morgan fingerprint density at radius 3 is 2.62 bits per heavy atom. The van der Waals surface area contributed by atoms with E-state index in [0.717, 1.165) is 43.6 Å². The fourth-order valence-corrected chi connectivity index (χ4v) is 4.89. The average molecular weight is 466 g/mol. The van der Waals surface area contributed by atoms with Gasteiger partial charge in [-0.25, -0.2) is 9.97 Å². The van der Waals surface area contributed by atoms with E-state index in [9.17, 15) is 9.90 Å². The van der Waals surface area contributed by atoms with Crippen molar-refractivity contribution in [3.05, 3.63) is 42.0 Å². The van der Waals surface area contributed by atoms with Crippen molar-refractivity contribution < 1.29 is 14.6 Å². The van der Waals surface area contributed by atoms with Crippen LogP contribution >= 0.6 is 0 Å². The van der Waals surface area contributed by atoms with Gasteiger partial charge in [0.15, 0.2) is 5.82 Å². The zero-order chi connectivity index (χ0) is 23.7. The number of ether oxygens (including phenoxy) is 1. The molecule has 0 aliphatic carbocycles.